The van der Waals surface area contributed by atoms with Gasteiger partial charge in [0.1, 0.15) is 15.1 Å². The number of aromatic nitrogens is 1. The zero-order valence-corrected chi connectivity index (χ0v) is 8.34. The first-order valence-corrected chi connectivity index (χ1v) is 4.24. The largest absolute Gasteiger partial charge is 0.505 e. The van der Waals surface area contributed by atoms with Crippen LogP contribution in [0.1, 0.15) is 17.7 Å². The van der Waals surface area contributed by atoms with Gasteiger partial charge in [-0.15, -0.1) is 0 Å². The van der Waals surface area contributed by atoms with Crippen molar-refractivity contribution in [3.05, 3.63) is 21.0 Å². The number of hydrogen-bond acceptors (Lipinski definition) is 2. The summed E-state index contributed by atoms with van der Waals surface area (Å²) in [4.78, 5) is 3.52. The molecule has 1 N–H and O–H groups in total. The molecule has 1 aromatic rings. The van der Waals surface area contributed by atoms with Crippen molar-refractivity contribution in [1.29, 1.82) is 0 Å². The topological polar surface area (TPSA) is 33.1 Å². The molecule has 0 spiro atoms. The molecule has 0 saturated heterocycles. The van der Waals surface area contributed by atoms with Crippen LogP contribution in [0.2, 0.25) is 0 Å². The number of hydrogen-bond donors (Lipinski definition) is 1. The van der Waals surface area contributed by atoms with E-state index in [0.29, 0.717) is 5.56 Å². The average Bonchev–Trinajstić information content (AvgIpc) is 1.99. The minimum Gasteiger partial charge on any atom is -0.505 e. The zero-order valence-electron chi connectivity index (χ0n) is 6.18. The van der Waals surface area contributed by atoms with E-state index in [-0.39, 0.29) is 15.1 Å². The number of halogens is 3. The van der Waals surface area contributed by atoms with Gasteiger partial charge in [0.2, 0.25) is 0 Å². The van der Waals surface area contributed by atoms with Crippen LogP contribution in [-0.2, 0) is 0 Å². The number of rotatable bonds is 1. The molecule has 0 amide bonds. The lowest BCUT2D eigenvalue weighted by molar-refractivity contribution is 0.145. The predicted molar refractivity (Wildman–Crippen MR) is 48.3 cm³/mol. The number of alkyl halides is 2. The van der Waals surface area contributed by atoms with E-state index >= 15 is 0 Å². The summed E-state index contributed by atoms with van der Waals surface area (Å²) in [6, 6.07) is 1.18. The average molecular weight is 285 g/mol. The van der Waals surface area contributed by atoms with Crippen molar-refractivity contribution in [1.82, 2.24) is 4.98 Å². The van der Waals surface area contributed by atoms with Crippen LogP contribution >= 0.6 is 22.6 Å². The van der Waals surface area contributed by atoms with Crippen LogP contribution in [0.15, 0.2) is 6.07 Å². The lowest BCUT2D eigenvalue weighted by atomic mass is 10.2. The monoisotopic (exact) mass is 285 g/mol. The molecular formula is C7H6F2INO. The Kier molecular flexibility index (Phi) is 2.81. The second-order valence-corrected chi connectivity index (χ2v) is 3.33. The molecule has 66 valence electrons. The molecule has 0 saturated carbocycles. The fourth-order valence-corrected chi connectivity index (χ4v) is 1.47. The van der Waals surface area contributed by atoms with Gasteiger partial charge in [-0.05, 0) is 41.1 Å². The normalized spacial score (nSPS) is 10.8. The highest BCUT2D eigenvalue weighted by atomic mass is 127. The molecule has 0 aromatic carbocycles. The van der Waals surface area contributed by atoms with E-state index in [0.717, 1.165) is 0 Å². The molecule has 0 radical (unpaired) electrons. The highest BCUT2D eigenvalue weighted by Gasteiger charge is 2.13. The Morgan fingerprint density at radius 1 is 1.58 bits per heavy atom. The summed E-state index contributed by atoms with van der Waals surface area (Å²) in [5.74, 6) is -0.0278. The van der Waals surface area contributed by atoms with E-state index in [1.54, 1.807) is 29.5 Å². The number of pyridine rings is 1. The smallest absolute Gasteiger partial charge is 0.280 e. The second-order valence-electron chi connectivity index (χ2n) is 2.30. The van der Waals surface area contributed by atoms with E-state index < -0.39 is 6.43 Å². The van der Waals surface area contributed by atoms with Gasteiger partial charge >= 0.3 is 0 Å². The van der Waals surface area contributed by atoms with Gasteiger partial charge in [-0.2, -0.15) is 0 Å². The highest BCUT2D eigenvalue weighted by Crippen LogP contribution is 2.26. The summed E-state index contributed by atoms with van der Waals surface area (Å²) < 4.78 is 24.4. The summed E-state index contributed by atoms with van der Waals surface area (Å²) in [7, 11) is 0. The fourth-order valence-electron chi connectivity index (χ4n) is 0.763. The summed E-state index contributed by atoms with van der Waals surface area (Å²) >= 11 is 1.71. The van der Waals surface area contributed by atoms with E-state index in [1.807, 2.05) is 0 Å². The van der Waals surface area contributed by atoms with Crippen molar-refractivity contribution >= 4 is 22.6 Å². The standard InChI is InChI=1S/C7H6F2INO/c1-3-2-4(6(8)9)11-7(10)5(3)12/h2,6,12H,1H3. The molecule has 0 atom stereocenters. The van der Waals surface area contributed by atoms with Crippen LogP contribution < -0.4 is 0 Å². The van der Waals surface area contributed by atoms with E-state index in [9.17, 15) is 13.9 Å². The fraction of sp³-hybridized carbons (Fsp3) is 0.286. The third kappa shape index (κ3) is 1.82. The quantitative estimate of drug-likeness (QED) is 0.635. The lowest BCUT2D eigenvalue weighted by Crippen LogP contribution is -1.94. The Bertz CT molecular complexity index is 280. The molecule has 5 heteroatoms. The zero-order chi connectivity index (χ0) is 9.30. The summed E-state index contributed by atoms with van der Waals surface area (Å²) in [5, 5.41) is 9.20. The van der Waals surface area contributed by atoms with Crippen molar-refractivity contribution in [2.45, 2.75) is 13.3 Å². The summed E-state index contributed by atoms with van der Waals surface area (Å²) in [5.41, 5.74) is 0.124. The number of nitrogens with zero attached hydrogens (tertiary/aromatic N) is 1. The van der Waals surface area contributed by atoms with Crippen molar-refractivity contribution in [3.8, 4) is 5.75 Å². The summed E-state index contributed by atoms with van der Waals surface area (Å²) in [6.45, 7) is 1.56. The highest BCUT2D eigenvalue weighted by molar-refractivity contribution is 14.1. The Balaban J connectivity index is 3.21. The van der Waals surface area contributed by atoms with E-state index in [1.165, 1.54) is 6.07 Å². The maximum atomic E-state index is 12.1. The Morgan fingerprint density at radius 2 is 2.17 bits per heavy atom. The van der Waals surface area contributed by atoms with Crippen molar-refractivity contribution in [2.75, 3.05) is 0 Å². The van der Waals surface area contributed by atoms with E-state index in [2.05, 4.69) is 4.98 Å². The van der Waals surface area contributed by atoms with Gasteiger partial charge in [-0.3, -0.25) is 0 Å². The maximum Gasteiger partial charge on any atom is 0.280 e. The van der Waals surface area contributed by atoms with Gasteiger partial charge in [0.05, 0.1) is 0 Å². The van der Waals surface area contributed by atoms with Gasteiger partial charge < -0.3 is 5.11 Å². The number of aryl methyl sites for hydroxylation is 1. The molecule has 0 fully saturated rings. The minimum absolute atomic E-state index is 0.0278. The van der Waals surface area contributed by atoms with Gasteiger partial charge in [0.15, 0.2) is 0 Å². The SMILES string of the molecule is Cc1cc(C(F)F)nc(I)c1O. The van der Waals surface area contributed by atoms with Gasteiger partial charge in [-0.25, -0.2) is 13.8 Å². The van der Waals surface area contributed by atoms with Crippen molar-refractivity contribution in [3.63, 3.8) is 0 Å². The number of aromatic hydroxyl groups is 1. The molecule has 2 nitrogen and oxygen atoms in total. The van der Waals surface area contributed by atoms with E-state index in [4.69, 9.17) is 0 Å². The van der Waals surface area contributed by atoms with Crippen LogP contribution in [0.5, 0.6) is 5.75 Å². The molecule has 0 bridgehead atoms. The van der Waals surface area contributed by atoms with Crippen molar-refractivity contribution in [2.24, 2.45) is 0 Å². The molecule has 1 rings (SSSR count). The lowest BCUT2D eigenvalue weighted by Gasteiger charge is -2.04. The maximum absolute atomic E-state index is 12.1. The third-order valence-corrected chi connectivity index (χ3v) is 2.14. The van der Waals surface area contributed by atoms with Crippen molar-refractivity contribution < 1.29 is 13.9 Å². The van der Waals surface area contributed by atoms with Gasteiger partial charge in [0.25, 0.3) is 6.43 Å². The molecule has 1 aromatic heterocycles. The van der Waals surface area contributed by atoms with Crippen LogP contribution in [0, 0.1) is 10.6 Å². The van der Waals surface area contributed by atoms with Crippen LogP contribution in [0.3, 0.4) is 0 Å². The molecular weight excluding hydrogens is 279 g/mol. The third-order valence-electron chi connectivity index (χ3n) is 1.38. The van der Waals surface area contributed by atoms with Crippen LogP contribution in [0.4, 0.5) is 8.78 Å². The molecule has 0 aliphatic carbocycles. The summed E-state index contributed by atoms with van der Waals surface area (Å²) in [6.07, 6.45) is -2.59. The van der Waals surface area contributed by atoms with Crippen LogP contribution in [-0.4, -0.2) is 10.1 Å². The Labute approximate surface area is 81.8 Å². The molecule has 0 aliphatic heterocycles. The first kappa shape index (κ1) is 9.63. The van der Waals surface area contributed by atoms with Gasteiger partial charge in [0, 0.05) is 0 Å². The first-order valence-electron chi connectivity index (χ1n) is 3.16. The molecule has 1 heterocycles. The first-order chi connectivity index (χ1) is 5.52. The predicted octanol–water partition coefficient (Wildman–Crippen LogP) is 2.64. The Hall–Kier alpha value is -0.460. The molecule has 0 aliphatic rings. The second kappa shape index (κ2) is 3.51. The van der Waals surface area contributed by atoms with Gasteiger partial charge in [-0.1, -0.05) is 0 Å². The molecule has 12 heavy (non-hydrogen) atoms. The van der Waals surface area contributed by atoms with Crippen LogP contribution in [0.25, 0.3) is 0 Å². The Morgan fingerprint density at radius 3 is 2.58 bits per heavy atom. The minimum atomic E-state index is -2.59. The molecule has 0 unspecified atom stereocenters.